The number of sulfonamides is 1. The van der Waals surface area contributed by atoms with Crippen LogP contribution in [0.15, 0.2) is 108 Å². The predicted molar refractivity (Wildman–Crippen MR) is 148 cm³/mol. The molecule has 38 heavy (non-hydrogen) atoms. The number of hydrogen-bond donors (Lipinski definition) is 1. The predicted octanol–water partition coefficient (Wildman–Crippen LogP) is 5.76. The van der Waals surface area contributed by atoms with Crippen LogP contribution in [-0.2, 0) is 27.9 Å². The van der Waals surface area contributed by atoms with Gasteiger partial charge in [-0.1, -0.05) is 72.3 Å². The molecular formula is C29H27ClN2O5S. The number of carbonyl (C=O) groups is 1. The SMILES string of the molecule is COc1ccc(NS(=O)(=O)c2ccc(OCC(=O)N(Cc3ccccc3)Cc3ccccc3)c(Cl)c2)cc1. The molecule has 0 bridgehead atoms. The van der Waals surface area contributed by atoms with Crippen molar-refractivity contribution in [2.75, 3.05) is 18.4 Å². The van der Waals surface area contributed by atoms with Crippen LogP contribution in [-0.4, -0.2) is 32.9 Å². The first-order valence-electron chi connectivity index (χ1n) is 11.8. The summed E-state index contributed by atoms with van der Waals surface area (Å²) in [5.74, 6) is 0.590. The Morgan fingerprint density at radius 2 is 1.42 bits per heavy atom. The molecule has 0 heterocycles. The summed E-state index contributed by atoms with van der Waals surface area (Å²) in [5, 5.41) is 0.0769. The van der Waals surface area contributed by atoms with Crippen molar-refractivity contribution in [1.82, 2.24) is 4.90 Å². The summed E-state index contributed by atoms with van der Waals surface area (Å²) < 4.78 is 38.9. The minimum atomic E-state index is -3.89. The van der Waals surface area contributed by atoms with Crippen LogP contribution >= 0.6 is 11.6 Å². The van der Waals surface area contributed by atoms with Gasteiger partial charge < -0.3 is 14.4 Å². The van der Waals surface area contributed by atoms with E-state index in [0.29, 0.717) is 24.5 Å². The fraction of sp³-hybridized carbons (Fsp3) is 0.138. The first-order valence-corrected chi connectivity index (χ1v) is 13.6. The summed E-state index contributed by atoms with van der Waals surface area (Å²) in [7, 11) is -2.36. The molecule has 4 rings (SSSR count). The van der Waals surface area contributed by atoms with E-state index in [1.807, 2.05) is 60.7 Å². The van der Waals surface area contributed by atoms with Crippen molar-refractivity contribution in [2.24, 2.45) is 0 Å². The number of ether oxygens (including phenoxy) is 2. The highest BCUT2D eigenvalue weighted by Gasteiger charge is 2.19. The Bertz CT molecular complexity index is 1420. The van der Waals surface area contributed by atoms with Crippen molar-refractivity contribution in [3.05, 3.63) is 119 Å². The molecule has 0 aliphatic heterocycles. The smallest absolute Gasteiger partial charge is 0.261 e. The minimum absolute atomic E-state index is 0.0354. The third-order valence-corrected chi connectivity index (χ3v) is 7.37. The largest absolute Gasteiger partial charge is 0.497 e. The Morgan fingerprint density at radius 1 is 0.842 bits per heavy atom. The molecule has 7 nitrogen and oxygen atoms in total. The average Bonchev–Trinajstić information content (AvgIpc) is 2.93. The van der Waals surface area contributed by atoms with E-state index in [-0.39, 0.29) is 28.2 Å². The summed E-state index contributed by atoms with van der Waals surface area (Å²) in [6, 6.07) is 30.0. The van der Waals surface area contributed by atoms with Crippen molar-refractivity contribution < 1.29 is 22.7 Å². The molecule has 0 saturated heterocycles. The Labute approximate surface area is 227 Å². The van der Waals surface area contributed by atoms with Gasteiger partial charge in [0.05, 0.1) is 17.0 Å². The molecule has 0 saturated carbocycles. The Morgan fingerprint density at radius 3 is 1.95 bits per heavy atom. The standard InChI is InChI=1S/C29H27ClN2O5S/c1-36-25-14-12-24(13-15-25)31-38(34,35)26-16-17-28(27(30)18-26)37-21-29(33)32(19-22-8-4-2-5-9-22)20-23-10-6-3-7-11-23/h2-18,31H,19-21H2,1H3. The lowest BCUT2D eigenvalue weighted by molar-refractivity contribution is -0.134. The summed E-state index contributed by atoms with van der Waals surface area (Å²) in [4.78, 5) is 14.8. The van der Waals surface area contributed by atoms with E-state index < -0.39 is 10.0 Å². The molecule has 0 spiro atoms. The van der Waals surface area contributed by atoms with Crippen LogP contribution in [0, 0.1) is 0 Å². The summed E-state index contributed by atoms with van der Waals surface area (Å²) in [6.07, 6.45) is 0. The van der Waals surface area contributed by atoms with Gasteiger partial charge in [-0.15, -0.1) is 0 Å². The number of amides is 1. The highest BCUT2D eigenvalue weighted by molar-refractivity contribution is 7.92. The summed E-state index contributed by atoms with van der Waals surface area (Å²) >= 11 is 6.34. The zero-order valence-electron chi connectivity index (χ0n) is 20.7. The average molecular weight is 551 g/mol. The number of methoxy groups -OCH3 is 1. The number of hydrogen-bond acceptors (Lipinski definition) is 5. The number of nitrogens with zero attached hydrogens (tertiary/aromatic N) is 1. The van der Waals surface area contributed by atoms with E-state index in [0.717, 1.165) is 11.1 Å². The molecule has 0 atom stereocenters. The topological polar surface area (TPSA) is 84.9 Å². The second-order valence-corrected chi connectivity index (χ2v) is 10.5. The van der Waals surface area contributed by atoms with E-state index in [1.54, 1.807) is 29.2 Å². The maximum atomic E-state index is 13.2. The fourth-order valence-corrected chi connectivity index (χ4v) is 5.09. The van der Waals surface area contributed by atoms with Gasteiger partial charge in [-0.2, -0.15) is 0 Å². The zero-order chi connectivity index (χ0) is 27.0. The fourth-order valence-electron chi connectivity index (χ4n) is 3.71. The van der Waals surface area contributed by atoms with Crippen LogP contribution in [0.3, 0.4) is 0 Å². The van der Waals surface area contributed by atoms with E-state index in [1.165, 1.54) is 25.3 Å². The van der Waals surface area contributed by atoms with Gasteiger partial charge in [0.25, 0.3) is 15.9 Å². The number of halogens is 1. The van der Waals surface area contributed by atoms with Gasteiger partial charge >= 0.3 is 0 Å². The lowest BCUT2D eigenvalue weighted by Crippen LogP contribution is -2.34. The third kappa shape index (κ3) is 7.27. The Kier molecular flexibility index (Phi) is 8.89. The van der Waals surface area contributed by atoms with E-state index in [4.69, 9.17) is 21.1 Å². The molecule has 0 aliphatic rings. The number of anilines is 1. The van der Waals surface area contributed by atoms with Crippen molar-refractivity contribution in [2.45, 2.75) is 18.0 Å². The van der Waals surface area contributed by atoms with Crippen molar-refractivity contribution in [3.63, 3.8) is 0 Å². The second kappa shape index (κ2) is 12.5. The highest BCUT2D eigenvalue weighted by atomic mass is 35.5. The van der Waals surface area contributed by atoms with Gasteiger partial charge in [0.1, 0.15) is 11.5 Å². The van der Waals surface area contributed by atoms with Gasteiger partial charge in [0.2, 0.25) is 0 Å². The van der Waals surface area contributed by atoms with E-state index in [2.05, 4.69) is 4.72 Å². The van der Waals surface area contributed by atoms with E-state index >= 15 is 0 Å². The van der Waals surface area contributed by atoms with E-state index in [9.17, 15) is 13.2 Å². The third-order valence-electron chi connectivity index (χ3n) is 5.69. The Balaban J connectivity index is 1.43. The number of rotatable bonds is 11. The molecule has 0 aliphatic carbocycles. The van der Waals surface area contributed by atoms with Crippen LogP contribution in [0.4, 0.5) is 5.69 Å². The lowest BCUT2D eigenvalue weighted by atomic mass is 10.1. The molecule has 0 unspecified atom stereocenters. The maximum absolute atomic E-state index is 13.2. The van der Waals surface area contributed by atoms with Crippen LogP contribution in [0.2, 0.25) is 5.02 Å². The molecule has 0 radical (unpaired) electrons. The zero-order valence-corrected chi connectivity index (χ0v) is 22.3. The number of nitrogens with one attached hydrogen (secondary N) is 1. The van der Waals surface area contributed by atoms with Gasteiger partial charge in [-0.25, -0.2) is 8.42 Å². The van der Waals surface area contributed by atoms with Gasteiger partial charge in [-0.05, 0) is 53.6 Å². The molecule has 4 aromatic rings. The molecular weight excluding hydrogens is 524 g/mol. The maximum Gasteiger partial charge on any atom is 0.261 e. The number of benzene rings is 4. The number of carbonyl (C=O) groups excluding carboxylic acids is 1. The normalized spacial score (nSPS) is 11.0. The first-order chi connectivity index (χ1) is 18.3. The molecule has 4 aromatic carbocycles. The summed E-state index contributed by atoms with van der Waals surface area (Å²) in [6.45, 7) is 0.579. The van der Waals surface area contributed by atoms with Crippen molar-refractivity contribution >= 4 is 33.2 Å². The first kappa shape index (κ1) is 27.0. The minimum Gasteiger partial charge on any atom is -0.497 e. The van der Waals surface area contributed by atoms with Gasteiger partial charge in [0.15, 0.2) is 6.61 Å². The van der Waals surface area contributed by atoms with Crippen LogP contribution < -0.4 is 14.2 Å². The van der Waals surface area contributed by atoms with Crippen molar-refractivity contribution in [1.29, 1.82) is 0 Å². The van der Waals surface area contributed by atoms with Crippen molar-refractivity contribution in [3.8, 4) is 11.5 Å². The van der Waals surface area contributed by atoms with Crippen LogP contribution in [0.25, 0.3) is 0 Å². The monoisotopic (exact) mass is 550 g/mol. The highest BCUT2D eigenvalue weighted by Crippen LogP contribution is 2.29. The Hall–Kier alpha value is -4.01. The molecule has 9 heteroatoms. The second-order valence-electron chi connectivity index (χ2n) is 8.44. The van der Waals surface area contributed by atoms with Crippen LogP contribution in [0.1, 0.15) is 11.1 Å². The molecule has 1 N–H and O–H groups in total. The molecule has 1 amide bonds. The molecule has 0 fully saturated rings. The lowest BCUT2D eigenvalue weighted by Gasteiger charge is -2.23. The van der Waals surface area contributed by atoms with Gasteiger partial charge in [-0.3, -0.25) is 9.52 Å². The molecule has 196 valence electrons. The van der Waals surface area contributed by atoms with Gasteiger partial charge in [0, 0.05) is 18.8 Å². The quantitative estimate of drug-likeness (QED) is 0.257. The summed E-state index contributed by atoms with van der Waals surface area (Å²) in [5.41, 5.74) is 2.37. The molecule has 0 aromatic heterocycles. The van der Waals surface area contributed by atoms with Crippen LogP contribution in [0.5, 0.6) is 11.5 Å².